The molecule has 0 atom stereocenters. The van der Waals surface area contributed by atoms with E-state index in [2.05, 4.69) is 5.32 Å². The number of aliphatic hydroxyl groups excluding tert-OH is 1. The molecule has 0 fully saturated rings. The lowest BCUT2D eigenvalue weighted by Gasteiger charge is -2.19. The first-order chi connectivity index (χ1) is 6.40. The Labute approximate surface area is 77.3 Å². The largest absolute Gasteiger partial charge is 0.490 e. The molecule has 0 bridgehead atoms. The van der Waals surface area contributed by atoms with E-state index in [-0.39, 0.29) is 6.61 Å². The van der Waals surface area contributed by atoms with Crippen molar-refractivity contribution in [3.63, 3.8) is 0 Å². The molecule has 0 saturated heterocycles. The monoisotopic (exact) mass is 179 g/mol. The maximum atomic E-state index is 8.77. The van der Waals surface area contributed by atoms with Crippen LogP contribution in [0.2, 0.25) is 0 Å². The van der Waals surface area contributed by atoms with E-state index < -0.39 is 0 Å². The molecule has 0 aliphatic carbocycles. The Morgan fingerprint density at radius 2 is 2.38 bits per heavy atom. The van der Waals surface area contributed by atoms with Crippen LogP contribution in [0.4, 0.5) is 5.69 Å². The second-order valence-electron chi connectivity index (χ2n) is 3.08. The van der Waals surface area contributed by atoms with Crippen molar-refractivity contribution in [1.29, 1.82) is 0 Å². The number of rotatable bonds is 2. The van der Waals surface area contributed by atoms with E-state index in [1.807, 2.05) is 18.2 Å². The van der Waals surface area contributed by atoms with Gasteiger partial charge >= 0.3 is 0 Å². The summed E-state index contributed by atoms with van der Waals surface area (Å²) in [6, 6.07) is 5.97. The summed E-state index contributed by atoms with van der Waals surface area (Å²) in [6.45, 7) is 1.78. The van der Waals surface area contributed by atoms with Crippen LogP contribution in [0, 0.1) is 0 Å². The maximum Gasteiger partial charge on any atom is 0.142 e. The minimum Gasteiger partial charge on any atom is -0.490 e. The minimum absolute atomic E-state index is 0.194. The summed E-state index contributed by atoms with van der Waals surface area (Å²) < 4.78 is 5.43. The molecule has 2 rings (SSSR count). The topological polar surface area (TPSA) is 41.5 Å². The molecule has 13 heavy (non-hydrogen) atoms. The Kier molecular flexibility index (Phi) is 2.36. The molecule has 3 nitrogen and oxygen atoms in total. The Balaban J connectivity index is 2.24. The van der Waals surface area contributed by atoms with Gasteiger partial charge in [0.1, 0.15) is 12.4 Å². The van der Waals surface area contributed by atoms with Crippen LogP contribution in [-0.2, 0) is 6.42 Å². The van der Waals surface area contributed by atoms with Crippen LogP contribution in [-0.4, -0.2) is 24.9 Å². The first-order valence-corrected chi connectivity index (χ1v) is 4.50. The van der Waals surface area contributed by atoms with Crippen molar-refractivity contribution in [2.75, 3.05) is 25.1 Å². The molecule has 0 spiro atoms. The first kappa shape index (κ1) is 8.38. The molecule has 3 heteroatoms. The highest BCUT2D eigenvalue weighted by Gasteiger charge is 2.08. The number of hydrogen-bond acceptors (Lipinski definition) is 3. The standard InChI is InChI=1S/C10H13NO2/c12-5-3-8-1-2-10-9(7-8)11-4-6-13-10/h1-2,7,11-12H,3-6H2. The molecule has 1 heterocycles. The molecule has 0 aromatic heterocycles. The van der Waals surface area contributed by atoms with Crippen molar-refractivity contribution in [2.24, 2.45) is 0 Å². The van der Waals surface area contributed by atoms with Crippen molar-refractivity contribution in [1.82, 2.24) is 0 Å². The number of anilines is 1. The van der Waals surface area contributed by atoms with E-state index in [0.717, 1.165) is 30.2 Å². The van der Waals surface area contributed by atoms with Gasteiger partial charge in [-0.1, -0.05) is 6.07 Å². The van der Waals surface area contributed by atoms with E-state index in [1.165, 1.54) is 0 Å². The Bertz CT molecular complexity index is 299. The highest BCUT2D eigenvalue weighted by molar-refractivity contribution is 5.59. The summed E-state index contributed by atoms with van der Waals surface area (Å²) >= 11 is 0. The summed E-state index contributed by atoms with van der Waals surface area (Å²) in [5.74, 6) is 0.910. The highest BCUT2D eigenvalue weighted by atomic mass is 16.5. The van der Waals surface area contributed by atoms with Gasteiger partial charge in [-0.15, -0.1) is 0 Å². The highest BCUT2D eigenvalue weighted by Crippen LogP contribution is 2.27. The van der Waals surface area contributed by atoms with Crippen molar-refractivity contribution in [3.8, 4) is 5.75 Å². The third kappa shape index (κ3) is 1.75. The molecule has 0 unspecified atom stereocenters. The Morgan fingerprint density at radius 3 is 3.23 bits per heavy atom. The fourth-order valence-electron chi connectivity index (χ4n) is 1.47. The lowest BCUT2D eigenvalue weighted by Crippen LogP contribution is -2.18. The van der Waals surface area contributed by atoms with Crippen molar-refractivity contribution in [2.45, 2.75) is 6.42 Å². The quantitative estimate of drug-likeness (QED) is 0.712. The van der Waals surface area contributed by atoms with Gasteiger partial charge in [-0.3, -0.25) is 0 Å². The van der Waals surface area contributed by atoms with Crippen LogP contribution < -0.4 is 10.1 Å². The van der Waals surface area contributed by atoms with Gasteiger partial charge in [0.05, 0.1) is 5.69 Å². The molecule has 2 N–H and O–H groups in total. The smallest absolute Gasteiger partial charge is 0.142 e. The van der Waals surface area contributed by atoms with Crippen LogP contribution in [0.5, 0.6) is 5.75 Å². The average molecular weight is 179 g/mol. The molecule has 70 valence electrons. The van der Waals surface area contributed by atoms with Crippen LogP contribution >= 0.6 is 0 Å². The van der Waals surface area contributed by atoms with Gasteiger partial charge in [0.2, 0.25) is 0 Å². The summed E-state index contributed by atoms with van der Waals surface area (Å²) in [4.78, 5) is 0. The van der Waals surface area contributed by atoms with Gasteiger partial charge in [-0.2, -0.15) is 0 Å². The number of fused-ring (bicyclic) bond motifs is 1. The zero-order valence-electron chi connectivity index (χ0n) is 7.42. The molecule has 0 saturated carbocycles. The SMILES string of the molecule is OCCc1ccc2c(c1)NCCO2. The summed E-state index contributed by atoms with van der Waals surface area (Å²) in [5, 5.41) is 12.0. The van der Waals surface area contributed by atoms with E-state index in [0.29, 0.717) is 6.42 Å². The number of aliphatic hydroxyl groups is 1. The average Bonchev–Trinajstić information content (AvgIpc) is 2.18. The summed E-state index contributed by atoms with van der Waals surface area (Å²) in [5.41, 5.74) is 2.18. The molecule has 1 aliphatic heterocycles. The predicted molar refractivity (Wildman–Crippen MR) is 51.2 cm³/mol. The van der Waals surface area contributed by atoms with Crippen molar-refractivity contribution in [3.05, 3.63) is 23.8 Å². The molecular weight excluding hydrogens is 166 g/mol. The molecule has 0 radical (unpaired) electrons. The van der Waals surface area contributed by atoms with Gasteiger partial charge in [0.25, 0.3) is 0 Å². The lowest BCUT2D eigenvalue weighted by molar-refractivity contribution is 0.299. The summed E-state index contributed by atoms with van der Waals surface area (Å²) in [7, 11) is 0. The van der Waals surface area contributed by atoms with Gasteiger partial charge in [0, 0.05) is 13.2 Å². The maximum absolute atomic E-state index is 8.77. The van der Waals surface area contributed by atoms with Gasteiger partial charge in [-0.25, -0.2) is 0 Å². The third-order valence-electron chi connectivity index (χ3n) is 2.12. The van der Waals surface area contributed by atoms with Crippen LogP contribution in [0.15, 0.2) is 18.2 Å². The third-order valence-corrected chi connectivity index (χ3v) is 2.12. The lowest BCUT2D eigenvalue weighted by atomic mass is 10.1. The zero-order chi connectivity index (χ0) is 9.10. The Hall–Kier alpha value is -1.22. The predicted octanol–water partition coefficient (Wildman–Crippen LogP) is 1.03. The second-order valence-corrected chi connectivity index (χ2v) is 3.08. The van der Waals surface area contributed by atoms with E-state index in [9.17, 15) is 0 Å². The van der Waals surface area contributed by atoms with E-state index in [1.54, 1.807) is 0 Å². The summed E-state index contributed by atoms with van der Waals surface area (Å²) in [6.07, 6.45) is 0.703. The Morgan fingerprint density at radius 1 is 1.46 bits per heavy atom. The fraction of sp³-hybridized carbons (Fsp3) is 0.400. The number of ether oxygens (including phenoxy) is 1. The van der Waals surface area contributed by atoms with Gasteiger partial charge in [0.15, 0.2) is 0 Å². The zero-order valence-corrected chi connectivity index (χ0v) is 7.42. The van der Waals surface area contributed by atoms with Crippen LogP contribution in [0.3, 0.4) is 0 Å². The normalized spacial score (nSPS) is 14.2. The molecule has 1 aliphatic rings. The molecular formula is C10H13NO2. The second kappa shape index (κ2) is 3.66. The van der Waals surface area contributed by atoms with Crippen LogP contribution in [0.25, 0.3) is 0 Å². The van der Waals surface area contributed by atoms with Crippen molar-refractivity contribution < 1.29 is 9.84 Å². The van der Waals surface area contributed by atoms with Crippen molar-refractivity contribution >= 4 is 5.69 Å². The van der Waals surface area contributed by atoms with E-state index >= 15 is 0 Å². The number of hydrogen-bond donors (Lipinski definition) is 2. The molecule has 0 amide bonds. The number of nitrogens with one attached hydrogen (secondary N) is 1. The van der Waals surface area contributed by atoms with Gasteiger partial charge in [-0.05, 0) is 24.1 Å². The minimum atomic E-state index is 0.194. The first-order valence-electron chi connectivity index (χ1n) is 4.50. The molecule has 1 aromatic carbocycles. The van der Waals surface area contributed by atoms with E-state index in [4.69, 9.17) is 9.84 Å². The molecule has 1 aromatic rings. The number of benzene rings is 1. The van der Waals surface area contributed by atoms with Gasteiger partial charge < -0.3 is 15.2 Å². The fourth-order valence-corrected chi connectivity index (χ4v) is 1.47. The van der Waals surface area contributed by atoms with Crippen LogP contribution in [0.1, 0.15) is 5.56 Å².